The Bertz CT molecular complexity index is 588. The summed E-state index contributed by atoms with van der Waals surface area (Å²) in [7, 11) is 0. The van der Waals surface area contributed by atoms with Gasteiger partial charge in [0.1, 0.15) is 24.5 Å². The minimum Gasteiger partial charge on any atom is -0.491 e. The maximum absolute atomic E-state index is 11.3. The third-order valence-corrected chi connectivity index (χ3v) is 3.37. The lowest BCUT2D eigenvalue weighted by atomic mass is 10.1. The largest absolute Gasteiger partial charge is 0.491 e. The average Bonchev–Trinajstić information content (AvgIpc) is 2.58. The molecule has 23 heavy (non-hydrogen) atoms. The lowest BCUT2D eigenvalue weighted by Crippen LogP contribution is -2.43. The Morgan fingerprint density at radius 1 is 1.04 bits per heavy atom. The third-order valence-electron chi connectivity index (χ3n) is 3.37. The van der Waals surface area contributed by atoms with Crippen molar-refractivity contribution < 1.29 is 19.7 Å². The Morgan fingerprint density at radius 3 is 2.26 bits per heavy atom. The smallest absolute Gasteiger partial charge is 0.321 e. The maximum Gasteiger partial charge on any atom is 0.321 e. The maximum atomic E-state index is 11.3. The van der Waals surface area contributed by atoms with Gasteiger partial charge in [0.05, 0.1) is 0 Å². The number of para-hydroxylation sites is 1. The molecule has 0 saturated heterocycles. The van der Waals surface area contributed by atoms with Crippen LogP contribution in [-0.4, -0.2) is 41.5 Å². The van der Waals surface area contributed by atoms with Gasteiger partial charge in [-0.25, -0.2) is 0 Å². The Hall–Kier alpha value is -2.37. The molecular weight excluding hydrogens is 294 g/mol. The number of aliphatic hydroxyl groups excluding tert-OH is 1. The van der Waals surface area contributed by atoms with Gasteiger partial charge in [0.25, 0.3) is 0 Å². The van der Waals surface area contributed by atoms with Gasteiger partial charge in [0.2, 0.25) is 0 Å². The number of rotatable bonds is 9. The SMILES string of the molecule is O=C(O)[C@H](Cc1ccccc1)NC[C@@H](O)COc1ccccc1. The first-order valence-electron chi connectivity index (χ1n) is 7.51. The van der Waals surface area contributed by atoms with E-state index in [1.807, 2.05) is 48.5 Å². The van der Waals surface area contributed by atoms with E-state index in [4.69, 9.17) is 4.74 Å². The van der Waals surface area contributed by atoms with Crippen LogP contribution in [0.4, 0.5) is 0 Å². The molecule has 0 saturated carbocycles. The molecule has 2 rings (SSSR count). The van der Waals surface area contributed by atoms with E-state index in [2.05, 4.69) is 5.32 Å². The first-order chi connectivity index (χ1) is 11.1. The molecular formula is C18H21NO4. The van der Waals surface area contributed by atoms with Gasteiger partial charge in [0, 0.05) is 6.54 Å². The van der Waals surface area contributed by atoms with Crippen LogP contribution >= 0.6 is 0 Å². The fourth-order valence-electron chi connectivity index (χ4n) is 2.14. The van der Waals surface area contributed by atoms with E-state index in [0.29, 0.717) is 12.2 Å². The molecule has 0 aromatic heterocycles. The van der Waals surface area contributed by atoms with Gasteiger partial charge in [0.15, 0.2) is 0 Å². The van der Waals surface area contributed by atoms with E-state index in [9.17, 15) is 15.0 Å². The Morgan fingerprint density at radius 2 is 1.65 bits per heavy atom. The van der Waals surface area contributed by atoms with Gasteiger partial charge < -0.3 is 20.3 Å². The van der Waals surface area contributed by atoms with Crippen LogP contribution in [0, 0.1) is 0 Å². The summed E-state index contributed by atoms with van der Waals surface area (Å²) in [5.41, 5.74) is 0.933. The molecule has 0 radical (unpaired) electrons. The molecule has 5 nitrogen and oxygen atoms in total. The Labute approximate surface area is 135 Å². The second kappa shape index (κ2) is 8.92. The molecule has 0 amide bonds. The van der Waals surface area contributed by atoms with Crippen LogP contribution in [0.25, 0.3) is 0 Å². The van der Waals surface area contributed by atoms with Crippen molar-refractivity contribution in [1.29, 1.82) is 0 Å². The number of ether oxygens (including phenoxy) is 1. The summed E-state index contributed by atoms with van der Waals surface area (Å²) in [6.45, 7) is 0.255. The zero-order valence-corrected chi connectivity index (χ0v) is 12.8. The molecule has 2 aromatic carbocycles. The Balaban J connectivity index is 1.78. The third kappa shape index (κ3) is 6.10. The summed E-state index contributed by atoms with van der Waals surface area (Å²) in [4.78, 5) is 11.3. The molecule has 0 spiro atoms. The fraction of sp³-hybridized carbons (Fsp3) is 0.278. The first kappa shape index (κ1) is 17.0. The number of carboxylic acid groups (broad SMARTS) is 1. The van der Waals surface area contributed by atoms with Crippen LogP contribution in [0.2, 0.25) is 0 Å². The molecule has 3 N–H and O–H groups in total. The molecule has 0 aliphatic heterocycles. The number of nitrogens with one attached hydrogen (secondary N) is 1. The van der Waals surface area contributed by atoms with E-state index in [0.717, 1.165) is 5.56 Å². The number of carbonyl (C=O) groups is 1. The number of hydrogen-bond acceptors (Lipinski definition) is 4. The van der Waals surface area contributed by atoms with Gasteiger partial charge in [-0.05, 0) is 24.1 Å². The number of carboxylic acids is 1. The lowest BCUT2D eigenvalue weighted by Gasteiger charge is -2.18. The summed E-state index contributed by atoms with van der Waals surface area (Å²) in [6, 6.07) is 17.8. The fourth-order valence-corrected chi connectivity index (χ4v) is 2.14. The summed E-state index contributed by atoms with van der Waals surface area (Å²) >= 11 is 0. The molecule has 2 aromatic rings. The normalized spacial score (nSPS) is 13.3. The summed E-state index contributed by atoms with van der Waals surface area (Å²) in [6.07, 6.45) is -0.421. The van der Waals surface area contributed by atoms with Gasteiger partial charge in [-0.3, -0.25) is 4.79 Å². The first-order valence-corrected chi connectivity index (χ1v) is 7.51. The minimum absolute atomic E-state index is 0.106. The predicted octanol–water partition coefficient (Wildman–Crippen LogP) is 1.71. The van der Waals surface area contributed by atoms with Crippen LogP contribution in [-0.2, 0) is 11.2 Å². The molecule has 0 unspecified atom stereocenters. The number of hydrogen-bond donors (Lipinski definition) is 3. The van der Waals surface area contributed by atoms with E-state index >= 15 is 0 Å². The molecule has 0 aliphatic rings. The van der Waals surface area contributed by atoms with Crippen LogP contribution in [0.5, 0.6) is 5.75 Å². The van der Waals surface area contributed by atoms with Crippen LogP contribution in [0.3, 0.4) is 0 Å². The second-order valence-corrected chi connectivity index (χ2v) is 5.27. The zero-order chi connectivity index (χ0) is 16.5. The molecule has 122 valence electrons. The van der Waals surface area contributed by atoms with E-state index in [-0.39, 0.29) is 13.2 Å². The van der Waals surface area contributed by atoms with E-state index in [1.54, 1.807) is 12.1 Å². The van der Waals surface area contributed by atoms with Crippen molar-refractivity contribution in [3.05, 3.63) is 66.2 Å². The van der Waals surface area contributed by atoms with Crippen molar-refractivity contribution in [3.8, 4) is 5.75 Å². The lowest BCUT2D eigenvalue weighted by molar-refractivity contribution is -0.139. The van der Waals surface area contributed by atoms with Gasteiger partial charge in [-0.1, -0.05) is 48.5 Å². The quantitative estimate of drug-likeness (QED) is 0.656. The van der Waals surface area contributed by atoms with Crippen molar-refractivity contribution >= 4 is 5.97 Å². The molecule has 0 heterocycles. The molecule has 0 fully saturated rings. The van der Waals surface area contributed by atoms with Crippen molar-refractivity contribution in [3.63, 3.8) is 0 Å². The minimum atomic E-state index is -0.940. The van der Waals surface area contributed by atoms with Crippen molar-refractivity contribution in [2.75, 3.05) is 13.2 Å². The second-order valence-electron chi connectivity index (χ2n) is 5.27. The Kier molecular flexibility index (Phi) is 6.59. The van der Waals surface area contributed by atoms with Gasteiger partial charge >= 0.3 is 5.97 Å². The number of aliphatic carboxylic acids is 1. The molecule has 0 bridgehead atoms. The molecule has 2 atom stereocenters. The monoisotopic (exact) mass is 315 g/mol. The predicted molar refractivity (Wildman–Crippen MR) is 87.5 cm³/mol. The van der Waals surface area contributed by atoms with Crippen LogP contribution < -0.4 is 10.1 Å². The highest BCUT2D eigenvalue weighted by Crippen LogP contribution is 2.08. The number of benzene rings is 2. The number of aliphatic hydroxyl groups is 1. The highest BCUT2D eigenvalue weighted by atomic mass is 16.5. The molecule has 5 heteroatoms. The zero-order valence-electron chi connectivity index (χ0n) is 12.8. The van der Waals surface area contributed by atoms with Crippen molar-refractivity contribution in [1.82, 2.24) is 5.32 Å². The van der Waals surface area contributed by atoms with Gasteiger partial charge in [-0.2, -0.15) is 0 Å². The molecule has 0 aliphatic carbocycles. The van der Waals surface area contributed by atoms with E-state index in [1.165, 1.54) is 0 Å². The highest BCUT2D eigenvalue weighted by molar-refractivity contribution is 5.73. The van der Waals surface area contributed by atoms with Crippen LogP contribution in [0.15, 0.2) is 60.7 Å². The average molecular weight is 315 g/mol. The van der Waals surface area contributed by atoms with Crippen molar-refractivity contribution in [2.24, 2.45) is 0 Å². The van der Waals surface area contributed by atoms with Crippen LogP contribution in [0.1, 0.15) is 5.56 Å². The summed E-state index contributed by atoms with van der Waals surface area (Å²) in [5, 5.41) is 22.1. The summed E-state index contributed by atoms with van der Waals surface area (Å²) < 4.78 is 5.44. The standard InChI is InChI=1S/C18H21NO4/c20-15(13-23-16-9-5-2-6-10-16)12-19-17(18(21)22)11-14-7-3-1-4-8-14/h1-10,15,17,19-20H,11-13H2,(H,21,22)/t15-,17+/m1/s1. The highest BCUT2D eigenvalue weighted by Gasteiger charge is 2.18. The summed E-state index contributed by atoms with van der Waals surface area (Å²) in [5.74, 6) is -0.268. The van der Waals surface area contributed by atoms with E-state index < -0.39 is 18.1 Å². The van der Waals surface area contributed by atoms with Crippen molar-refractivity contribution in [2.45, 2.75) is 18.6 Å². The topological polar surface area (TPSA) is 78.8 Å². The van der Waals surface area contributed by atoms with Gasteiger partial charge in [-0.15, -0.1) is 0 Å².